The molecular weight excluding hydrogens is 337 g/mol. The summed E-state index contributed by atoms with van der Waals surface area (Å²) in [4.78, 5) is 25.1. The van der Waals surface area contributed by atoms with E-state index in [1.54, 1.807) is 6.07 Å². The van der Waals surface area contributed by atoms with E-state index in [2.05, 4.69) is 0 Å². The van der Waals surface area contributed by atoms with Gasteiger partial charge in [-0.05, 0) is 30.2 Å². The SMILES string of the molecule is Cc1ccc(-c2ccc(C(=O)N3CCOCC3CC(=O)O)c(F)c2)cc1. The van der Waals surface area contributed by atoms with Crippen molar-refractivity contribution in [1.29, 1.82) is 0 Å². The monoisotopic (exact) mass is 357 g/mol. The van der Waals surface area contributed by atoms with Crippen molar-refractivity contribution >= 4 is 11.9 Å². The fourth-order valence-electron chi connectivity index (χ4n) is 3.06. The molecule has 2 aromatic rings. The minimum Gasteiger partial charge on any atom is -0.481 e. The Morgan fingerprint density at radius 1 is 1.19 bits per heavy atom. The van der Waals surface area contributed by atoms with Crippen molar-refractivity contribution in [2.75, 3.05) is 19.8 Å². The molecule has 1 aliphatic heterocycles. The fourth-order valence-corrected chi connectivity index (χ4v) is 3.06. The predicted octanol–water partition coefficient (Wildman–Crippen LogP) is 3.12. The summed E-state index contributed by atoms with van der Waals surface area (Å²) in [5.41, 5.74) is 2.60. The highest BCUT2D eigenvalue weighted by molar-refractivity contribution is 5.95. The van der Waals surface area contributed by atoms with Crippen LogP contribution in [0.15, 0.2) is 42.5 Å². The number of carboxylic acid groups (broad SMARTS) is 1. The van der Waals surface area contributed by atoms with Gasteiger partial charge in [0.25, 0.3) is 5.91 Å². The Morgan fingerprint density at radius 2 is 1.88 bits per heavy atom. The molecule has 136 valence electrons. The summed E-state index contributed by atoms with van der Waals surface area (Å²) in [6.45, 7) is 2.67. The number of ether oxygens (including phenoxy) is 1. The number of aryl methyl sites for hydroxylation is 1. The Kier molecular flexibility index (Phi) is 5.32. The van der Waals surface area contributed by atoms with E-state index < -0.39 is 23.7 Å². The zero-order chi connectivity index (χ0) is 18.7. The lowest BCUT2D eigenvalue weighted by Crippen LogP contribution is -2.49. The van der Waals surface area contributed by atoms with E-state index in [9.17, 15) is 14.0 Å². The summed E-state index contributed by atoms with van der Waals surface area (Å²) in [6.07, 6.45) is -0.227. The number of rotatable bonds is 4. The second kappa shape index (κ2) is 7.66. The van der Waals surface area contributed by atoms with Crippen LogP contribution in [0.4, 0.5) is 4.39 Å². The second-order valence-corrected chi connectivity index (χ2v) is 6.39. The summed E-state index contributed by atoms with van der Waals surface area (Å²) >= 11 is 0. The Morgan fingerprint density at radius 3 is 2.54 bits per heavy atom. The smallest absolute Gasteiger partial charge is 0.305 e. The molecule has 0 aliphatic carbocycles. The third kappa shape index (κ3) is 3.91. The third-order valence-corrected chi connectivity index (χ3v) is 4.48. The molecular formula is C20H20FNO4. The van der Waals surface area contributed by atoms with Crippen molar-refractivity contribution in [3.05, 3.63) is 59.4 Å². The summed E-state index contributed by atoms with van der Waals surface area (Å²) in [7, 11) is 0. The van der Waals surface area contributed by atoms with Gasteiger partial charge in [-0.2, -0.15) is 0 Å². The van der Waals surface area contributed by atoms with E-state index in [0.29, 0.717) is 12.2 Å². The van der Waals surface area contributed by atoms with Gasteiger partial charge in [-0.25, -0.2) is 4.39 Å². The highest BCUT2D eigenvalue weighted by Crippen LogP contribution is 2.24. The number of hydrogen-bond donors (Lipinski definition) is 1. The fraction of sp³-hybridized carbons (Fsp3) is 0.300. The van der Waals surface area contributed by atoms with Crippen LogP contribution in [0.1, 0.15) is 22.3 Å². The number of nitrogens with zero attached hydrogens (tertiary/aromatic N) is 1. The molecule has 1 amide bonds. The molecule has 0 saturated carbocycles. The molecule has 0 spiro atoms. The molecule has 1 unspecified atom stereocenters. The van der Waals surface area contributed by atoms with E-state index in [1.165, 1.54) is 17.0 Å². The number of benzene rings is 2. The Labute approximate surface area is 151 Å². The van der Waals surface area contributed by atoms with Crippen LogP contribution in [0.3, 0.4) is 0 Å². The van der Waals surface area contributed by atoms with Gasteiger partial charge in [0, 0.05) is 6.54 Å². The third-order valence-electron chi connectivity index (χ3n) is 4.48. The summed E-state index contributed by atoms with van der Waals surface area (Å²) in [6, 6.07) is 11.6. The van der Waals surface area contributed by atoms with Gasteiger partial charge in [0.2, 0.25) is 0 Å². The van der Waals surface area contributed by atoms with E-state index in [1.807, 2.05) is 31.2 Å². The number of carbonyl (C=O) groups excluding carboxylic acids is 1. The second-order valence-electron chi connectivity index (χ2n) is 6.39. The van der Waals surface area contributed by atoms with Gasteiger partial charge in [0.15, 0.2) is 0 Å². The van der Waals surface area contributed by atoms with Crippen molar-refractivity contribution in [1.82, 2.24) is 4.90 Å². The quantitative estimate of drug-likeness (QED) is 0.913. The van der Waals surface area contributed by atoms with Gasteiger partial charge in [0.1, 0.15) is 5.82 Å². The number of morpholine rings is 1. The molecule has 1 aliphatic rings. The van der Waals surface area contributed by atoms with Crippen LogP contribution in [0.25, 0.3) is 11.1 Å². The van der Waals surface area contributed by atoms with E-state index in [0.717, 1.165) is 11.1 Å². The van der Waals surface area contributed by atoms with Crippen molar-refractivity contribution in [3.63, 3.8) is 0 Å². The van der Waals surface area contributed by atoms with Gasteiger partial charge < -0.3 is 14.7 Å². The number of carbonyl (C=O) groups is 2. The summed E-state index contributed by atoms with van der Waals surface area (Å²) in [5.74, 6) is -2.14. The number of aliphatic carboxylic acids is 1. The molecule has 0 bridgehead atoms. The van der Waals surface area contributed by atoms with Crippen LogP contribution in [-0.4, -0.2) is 47.7 Å². The van der Waals surface area contributed by atoms with Gasteiger partial charge in [-0.3, -0.25) is 9.59 Å². The first-order valence-corrected chi connectivity index (χ1v) is 8.43. The maximum atomic E-state index is 14.6. The standard InChI is InChI=1S/C20H20FNO4/c1-13-2-4-14(5-3-13)15-6-7-17(18(21)10-15)20(25)22-8-9-26-12-16(22)11-19(23)24/h2-7,10,16H,8-9,11-12H2,1H3,(H,23,24). The number of hydrogen-bond acceptors (Lipinski definition) is 3. The maximum Gasteiger partial charge on any atom is 0.305 e. The molecule has 1 N–H and O–H groups in total. The van der Waals surface area contributed by atoms with E-state index in [-0.39, 0.29) is 25.1 Å². The van der Waals surface area contributed by atoms with Gasteiger partial charge in [0.05, 0.1) is 31.2 Å². The number of halogens is 1. The minimum atomic E-state index is -1.02. The molecule has 1 heterocycles. The van der Waals surface area contributed by atoms with Crippen molar-refractivity contribution in [2.24, 2.45) is 0 Å². The van der Waals surface area contributed by atoms with Gasteiger partial charge in [-0.15, -0.1) is 0 Å². The van der Waals surface area contributed by atoms with Crippen LogP contribution in [0, 0.1) is 12.7 Å². The van der Waals surface area contributed by atoms with Crippen LogP contribution in [0.5, 0.6) is 0 Å². The average Bonchev–Trinajstić information content (AvgIpc) is 2.62. The molecule has 5 nitrogen and oxygen atoms in total. The number of amides is 1. The molecule has 0 radical (unpaired) electrons. The molecule has 2 aromatic carbocycles. The lowest BCUT2D eigenvalue weighted by Gasteiger charge is -2.35. The average molecular weight is 357 g/mol. The highest BCUT2D eigenvalue weighted by atomic mass is 19.1. The lowest BCUT2D eigenvalue weighted by molar-refractivity contribution is -0.139. The summed E-state index contributed by atoms with van der Waals surface area (Å²) < 4.78 is 19.9. The Bertz CT molecular complexity index is 819. The predicted molar refractivity (Wildman–Crippen MR) is 94.5 cm³/mol. The molecule has 26 heavy (non-hydrogen) atoms. The maximum absolute atomic E-state index is 14.6. The topological polar surface area (TPSA) is 66.8 Å². The summed E-state index contributed by atoms with van der Waals surface area (Å²) in [5, 5.41) is 9.00. The normalized spacial score (nSPS) is 17.2. The molecule has 1 atom stereocenters. The molecule has 1 fully saturated rings. The molecule has 0 aromatic heterocycles. The Balaban J connectivity index is 1.85. The van der Waals surface area contributed by atoms with E-state index in [4.69, 9.17) is 9.84 Å². The lowest BCUT2D eigenvalue weighted by atomic mass is 10.0. The molecule has 1 saturated heterocycles. The Hall–Kier alpha value is -2.73. The van der Waals surface area contributed by atoms with Gasteiger partial charge in [-0.1, -0.05) is 35.9 Å². The first-order valence-electron chi connectivity index (χ1n) is 8.43. The zero-order valence-corrected chi connectivity index (χ0v) is 14.4. The van der Waals surface area contributed by atoms with Crippen LogP contribution < -0.4 is 0 Å². The first kappa shape index (κ1) is 18.1. The van der Waals surface area contributed by atoms with Crippen molar-refractivity contribution < 1.29 is 23.8 Å². The van der Waals surface area contributed by atoms with Crippen molar-refractivity contribution in [3.8, 4) is 11.1 Å². The first-order chi connectivity index (χ1) is 12.5. The minimum absolute atomic E-state index is 0.0573. The van der Waals surface area contributed by atoms with E-state index >= 15 is 0 Å². The largest absolute Gasteiger partial charge is 0.481 e. The number of carboxylic acids is 1. The highest BCUT2D eigenvalue weighted by Gasteiger charge is 2.31. The van der Waals surface area contributed by atoms with Gasteiger partial charge >= 0.3 is 5.97 Å². The zero-order valence-electron chi connectivity index (χ0n) is 14.4. The molecule has 6 heteroatoms. The molecule has 3 rings (SSSR count). The van der Waals surface area contributed by atoms with Crippen molar-refractivity contribution in [2.45, 2.75) is 19.4 Å². The van der Waals surface area contributed by atoms with Crippen LogP contribution in [-0.2, 0) is 9.53 Å². The van der Waals surface area contributed by atoms with Crippen LogP contribution in [0.2, 0.25) is 0 Å². The van der Waals surface area contributed by atoms with Crippen LogP contribution >= 0.6 is 0 Å².